The fraction of sp³-hybridized carbons (Fsp3) is 0.200. The number of anilines is 3. The van der Waals surface area contributed by atoms with E-state index in [0.29, 0.717) is 11.3 Å². The van der Waals surface area contributed by atoms with Gasteiger partial charge in [-0.2, -0.15) is 18.2 Å². The number of carboxylic acid groups (broad SMARTS) is 1. The average molecular weight is 544 g/mol. The molecule has 3 N–H and O–H groups in total. The van der Waals surface area contributed by atoms with Crippen molar-refractivity contribution in [2.75, 3.05) is 30.3 Å². The smallest absolute Gasteiger partial charge is 0.422 e. The third-order valence-corrected chi connectivity index (χ3v) is 5.79. The summed E-state index contributed by atoms with van der Waals surface area (Å²) in [6.07, 6.45) is -5.23. The summed E-state index contributed by atoms with van der Waals surface area (Å²) in [5.74, 6) is -0.699. The molecule has 202 valence electrons. The van der Waals surface area contributed by atoms with Crippen molar-refractivity contribution in [2.45, 2.75) is 12.3 Å². The fourth-order valence-corrected chi connectivity index (χ4v) is 3.91. The van der Waals surface area contributed by atoms with Crippen molar-refractivity contribution in [2.24, 2.45) is 0 Å². The Morgan fingerprint density at radius 1 is 1.05 bits per heavy atom. The number of benzene rings is 2. The molecule has 39 heavy (non-hydrogen) atoms. The number of hydrogen-bond acceptors (Lipinski definition) is 6. The van der Waals surface area contributed by atoms with Crippen LogP contribution in [0.1, 0.15) is 10.4 Å². The number of carbonyl (C=O) groups excluding carboxylic acids is 1. The Hall–Kier alpha value is -4.88. The second-order valence-corrected chi connectivity index (χ2v) is 8.71. The van der Waals surface area contributed by atoms with Gasteiger partial charge < -0.3 is 20.1 Å². The van der Waals surface area contributed by atoms with Gasteiger partial charge in [-0.15, -0.1) is 5.10 Å². The summed E-state index contributed by atoms with van der Waals surface area (Å²) >= 11 is 0. The standard InChI is InChI=1S/C25H20F4N6O4/c26-17-11-34(12-17)22(36)15-3-7-19(20(9-15)39-13-25(27,28)29)31-23-32-21-8-4-16(10-35(21)33-23)14-1-5-18(6-2-14)30-24(37)38/h1-10,17,30H,11-13H2,(H,31,33)(H,37,38). The molecule has 2 aromatic heterocycles. The van der Waals surface area contributed by atoms with Crippen molar-refractivity contribution in [1.82, 2.24) is 19.5 Å². The summed E-state index contributed by atoms with van der Waals surface area (Å²) in [5.41, 5.74) is 2.53. The van der Waals surface area contributed by atoms with Crippen LogP contribution in [0.25, 0.3) is 16.8 Å². The van der Waals surface area contributed by atoms with Gasteiger partial charge in [-0.1, -0.05) is 12.1 Å². The first-order valence-electron chi connectivity index (χ1n) is 11.5. The zero-order valence-electron chi connectivity index (χ0n) is 19.9. The molecule has 0 bridgehead atoms. The molecule has 10 nitrogen and oxygen atoms in total. The van der Waals surface area contributed by atoms with Crippen LogP contribution in [0.5, 0.6) is 5.75 Å². The maximum absolute atomic E-state index is 13.2. The van der Waals surface area contributed by atoms with E-state index in [1.807, 2.05) is 0 Å². The second kappa shape index (κ2) is 10.1. The number of rotatable bonds is 7. The largest absolute Gasteiger partial charge is 0.482 e. The summed E-state index contributed by atoms with van der Waals surface area (Å²) in [4.78, 5) is 28.9. The Morgan fingerprint density at radius 3 is 2.44 bits per heavy atom. The number of aromatic nitrogens is 3. The van der Waals surface area contributed by atoms with Crippen molar-refractivity contribution < 1.29 is 37.0 Å². The maximum atomic E-state index is 13.2. The molecule has 1 saturated heterocycles. The van der Waals surface area contributed by atoms with Crippen molar-refractivity contribution in [1.29, 1.82) is 0 Å². The summed E-state index contributed by atoms with van der Waals surface area (Å²) in [5, 5.41) is 18.2. The monoisotopic (exact) mass is 544 g/mol. The van der Waals surface area contributed by atoms with Gasteiger partial charge in [-0.05, 0) is 48.0 Å². The lowest BCUT2D eigenvalue weighted by Crippen LogP contribution is -2.51. The zero-order chi connectivity index (χ0) is 27.7. The highest BCUT2D eigenvalue weighted by Crippen LogP contribution is 2.31. The van der Waals surface area contributed by atoms with E-state index in [2.05, 4.69) is 20.7 Å². The topological polar surface area (TPSA) is 121 Å². The molecule has 3 heterocycles. The molecule has 0 radical (unpaired) electrons. The summed E-state index contributed by atoms with van der Waals surface area (Å²) in [6, 6.07) is 14.1. The number of pyridine rings is 1. The summed E-state index contributed by atoms with van der Waals surface area (Å²) in [6.45, 7) is -1.74. The number of fused-ring (bicyclic) bond motifs is 1. The van der Waals surface area contributed by atoms with Crippen LogP contribution in [-0.2, 0) is 0 Å². The van der Waals surface area contributed by atoms with Crippen molar-refractivity contribution >= 4 is 35.0 Å². The molecule has 0 aliphatic carbocycles. The van der Waals surface area contributed by atoms with Gasteiger partial charge in [0.25, 0.3) is 5.91 Å². The molecule has 0 spiro atoms. The van der Waals surface area contributed by atoms with Gasteiger partial charge in [0.15, 0.2) is 12.3 Å². The lowest BCUT2D eigenvalue weighted by Gasteiger charge is -2.34. The van der Waals surface area contributed by atoms with Gasteiger partial charge in [0.05, 0.1) is 18.8 Å². The van der Waals surface area contributed by atoms with Crippen LogP contribution in [0.3, 0.4) is 0 Å². The maximum Gasteiger partial charge on any atom is 0.422 e. The molecule has 14 heteroatoms. The van der Waals surface area contributed by atoms with Gasteiger partial charge >= 0.3 is 12.3 Å². The predicted octanol–water partition coefficient (Wildman–Crippen LogP) is 4.96. The van der Waals surface area contributed by atoms with Gasteiger partial charge in [0, 0.05) is 23.0 Å². The molecular weight excluding hydrogens is 524 g/mol. The van der Waals surface area contributed by atoms with E-state index in [9.17, 15) is 27.2 Å². The van der Waals surface area contributed by atoms with Crippen LogP contribution in [0.2, 0.25) is 0 Å². The van der Waals surface area contributed by atoms with Crippen molar-refractivity contribution in [3.05, 3.63) is 66.4 Å². The van der Waals surface area contributed by atoms with E-state index in [-0.39, 0.29) is 36.0 Å². The van der Waals surface area contributed by atoms with E-state index < -0.39 is 31.0 Å². The van der Waals surface area contributed by atoms with E-state index >= 15 is 0 Å². The summed E-state index contributed by atoms with van der Waals surface area (Å²) in [7, 11) is 0. The third-order valence-electron chi connectivity index (χ3n) is 5.79. The number of nitrogens with zero attached hydrogens (tertiary/aromatic N) is 4. The molecule has 5 rings (SSSR count). The molecule has 0 unspecified atom stereocenters. The molecule has 0 atom stereocenters. The van der Waals surface area contributed by atoms with Crippen LogP contribution in [0, 0.1) is 0 Å². The molecule has 0 saturated carbocycles. The minimum Gasteiger partial charge on any atom is -0.482 e. The number of amides is 2. The van der Waals surface area contributed by atoms with E-state index in [4.69, 9.17) is 9.84 Å². The van der Waals surface area contributed by atoms with Gasteiger partial charge in [0.2, 0.25) is 5.95 Å². The lowest BCUT2D eigenvalue weighted by molar-refractivity contribution is -0.153. The highest BCUT2D eigenvalue weighted by atomic mass is 19.4. The Balaban J connectivity index is 1.38. The molecule has 4 aromatic rings. The SMILES string of the molecule is O=C(O)Nc1ccc(-c2ccc3nc(Nc4ccc(C(=O)N5CC(F)C5)cc4OCC(F)(F)F)nn3c2)cc1. The number of alkyl halides is 4. The third kappa shape index (κ3) is 6.00. The molecule has 1 aliphatic heterocycles. The van der Waals surface area contributed by atoms with E-state index in [0.717, 1.165) is 11.1 Å². The average Bonchev–Trinajstić information content (AvgIpc) is 3.27. The van der Waals surface area contributed by atoms with Crippen molar-refractivity contribution in [3.8, 4) is 16.9 Å². The van der Waals surface area contributed by atoms with E-state index in [1.165, 1.54) is 27.6 Å². The molecular formula is C25H20F4N6O4. The number of halogens is 4. The minimum absolute atomic E-state index is 0.0572. The Bertz CT molecular complexity index is 1530. The van der Waals surface area contributed by atoms with E-state index in [1.54, 1.807) is 42.6 Å². The predicted molar refractivity (Wildman–Crippen MR) is 132 cm³/mol. The van der Waals surface area contributed by atoms with Crippen LogP contribution in [0.15, 0.2) is 60.8 Å². The number of nitrogens with one attached hydrogen (secondary N) is 2. The molecule has 2 amide bonds. The van der Waals surface area contributed by atoms with Crippen molar-refractivity contribution in [3.63, 3.8) is 0 Å². The summed E-state index contributed by atoms with van der Waals surface area (Å²) < 4.78 is 58.2. The van der Waals surface area contributed by atoms with Crippen LogP contribution in [-0.4, -0.2) is 68.6 Å². The first-order valence-corrected chi connectivity index (χ1v) is 11.5. The first-order chi connectivity index (χ1) is 18.5. The molecule has 1 fully saturated rings. The quantitative estimate of drug-likeness (QED) is 0.281. The minimum atomic E-state index is -4.62. The van der Waals surface area contributed by atoms with Crippen LogP contribution < -0.4 is 15.4 Å². The number of likely N-dealkylation sites (tertiary alicyclic amines) is 1. The number of carbonyl (C=O) groups is 2. The van der Waals surface area contributed by atoms with Crippen LogP contribution in [0.4, 0.5) is 39.7 Å². The Morgan fingerprint density at radius 2 is 1.77 bits per heavy atom. The molecule has 2 aromatic carbocycles. The molecule has 1 aliphatic rings. The first kappa shape index (κ1) is 25.8. The lowest BCUT2D eigenvalue weighted by atomic mass is 10.1. The Labute approximate surface area is 217 Å². The van der Waals surface area contributed by atoms with Gasteiger partial charge in [-0.25, -0.2) is 13.7 Å². The zero-order valence-corrected chi connectivity index (χ0v) is 19.9. The fourth-order valence-electron chi connectivity index (χ4n) is 3.91. The van der Waals surface area contributed by atoms with Gasteiger partial charge in [0.1, 0.15) is 11.9 Å². The number of hydrogen-bond donors (Lipinski definition) is 3. The Kier molecular flexibility index (Phi) is 6.68. The van der Waals surface area contributed by atoms with Crippen LogP contribution >= 0.6 is 0 Å². The van der Waals surface area contributed by atoms with Gasteiger partial charge in [-0.3, -0.25) is 10.1 Å². The highest BCUT2D eigenvalue weighted by Gasteiger charge is 2.32. The second-order valence-electron chi connectivity index (χ2n) is 8.71. The normalized spacial score (nSPS) is 13.7. The number of ether oxygens (including phenoxy) is 1. The highest BCUT2D eigenvalue weighted by molar-refractivity contribution is 5.96.